The number of imide groups is 1. The Bertz CT molecular complexity index is 1050. The fourth-order valence-corrected chi connectivity index (χ4v) is 4.58. The molecule has 2 heterocycles. The van der Waals surface area contributed by atoms with E-state index in [1.165, 1.54) is 7.11 Å². The highest BCUT2D eigenvalue weighted by Gasteiger charge is 2.50. The molecule has 180 valence electrons. The summed E-state index contributed by atoms with van der Waals surface area (Å²) >= 11 is 0. The minimum Gasteiger partial charge on any atom is -0.497 e. The van der Waals surface area contributed by atoms with Crippen molar-refractivity contribution in [1.29, 1.82) is 0 Å². The Hall–Kier alpha value is -3.43. The topological polar surface area (TPSA) is 111 Å². The zero-order valence-corrected chi connectivity index (χ0v) is 19.4. The average Bonchev–Trinajstić information content (AvgIpc) is 3.08. The molecule has 34 heavy (non-hydrogen) atoms. The van der Waals surface area contributed by atoms with Crippen LogP contribution in [0.2, 0.25) is 0 Å². The summed E-state index contributed by atoms with van der Waals surface area (Å²) in [5, 5.41) is 14.1. The van der Waals surface area contributed by atoms with Crippen LogP contribution in [0.3, 0.4) is 0 Å². The van der Waals surface area contributed by atoms with Crippen molar-refractivity contribution < 1.29 is 24.2 Å². The second-order valence-electron chi connectivity index (χ2n) is 8.93. The highest BCUT2D eigenvalue weighted by Crippen LogP contribution is 2.31. The molecule has 9 heteroatoms. The fraction of sp³-hybridized carbons (Fsp3) is 0.400. The molecule has 2 saturated heterocycles. The van der Waals surface area contributed by atoms with Crippen LogP contribution >= 0.6 is 0 Å². The molecule has 2 aromatic rings. The first kappa shape index (κ1) is 23.7. The smallest absolute Gasteiger partial charge is 0.344 e. The summed E-state index contributed by atoms with van der Waals surface area (Å²) in [6, 6.07) is 15.8. The van der Waals surface area contributed by atoms with Gasteiger partial charge in [0, 0.05) is 0 Å². The van der Waals surface area contributed by atoms with Crippen LogP contribution in [0.5, 0.6) is 5.75 Å². The zero-order valence-electron chi connectivity index (χ0n) is 19.4. The Morgan fingerprint density at radius 2 is 1.88 bits per heavy atom. The molecule has 2 atom stereocenters. The number of nitrogens with zero attached hydrogens (tertiary/aromatic N) is 2. The highest BCUT2D eigenvalue weighted by molar-refractivity contribution is 6.08. The number of hydrazine groups is 1. The Morgan fingerprint density at radius 1 is 1.18 bits per heavy atom. The van der Waals surface area contributed by atoms with Crippen LogP contribution in [0.4, 0.5) is 4.79 Å². The number of carbonyl (C=O) groups excluding carboxylic acids is 3. The third-order valence-electron chi connectivity index (χ3n) is 6.66. The van der Waals surface area contributed by atoms with Crippen molar-refractivity contribution in [1.82, 2.24) is 20.7 Å². The highest BCUT2D eigenvalue weighted by atomic mass is 16.5. The van der Waals surface area contributed by atoms with Crippen molar-refractivity contribution in [2.45, 2.75) is 31.4 Å². The number of likely N-dealkylation sites (tertiary alicyclic amines) is 1. The van der Waals surface area contributed by atoms with E-state index in [2.05, 4.69) is 10.7 Å². The molecule has 2 aliphatic rings. The molecule has 0 radical (unpaired) electrons. The number of methoxy groups -OCH3 is 1. The summed E-state index contributed by atoms with van der Waals surface area (Å²) in [5.74, 6) is -0.329. The first-order chi connectivity index (χ1) is 16.3. The van der Waals surface area contributed by atoms with E-state index < -0.39 is 29.5 Å². The van der Waals surface area contributed by atoms with Crippen molar-refractivity contribution in [2.75, 3.05) is 26.7 Å². The fourth-order valence-electron chi connectivity index (χ4n) is 4.58. The van der Waals surface area contributed by atoms with E-state index in [0.717, 1.165) is 23.4 Å². The summed E-state index contributed by atoms with van der Waals surface area (Å²) in [6.07, 6.45) is 0.971. The minimum absolute atomic E-state index is 0.0566. The van der Waals surface area contributed by atoms with Crippen molar-refractivity contribution in [3.63, 3.8) is 0 Å². The third kappa shape index (κ3) is 4.76. The Kier molecular flexibility index (Phi) is 6.85. The van der Waals surface area contributed by atoms with Gasteiger partial charge in [-0.1, -0.05) is 42.5 Å². The maximum atomic E-state index is 13.1. The SMILES string of the molecule is COc1cccc(C2(C)NC(=O)N(NC(=O)CN3CCC(C(O)c4ccccc4)CC3)C2=O)c1. The first-order valence-corrected chi connectivity index (χ1v) is 11.4. The van der Waals surface area contributed by atoms with Crippen LogP contribution in [0.1, 0.15) is 37.0 Å². The molecule has 2 aliphatic heterocycles. The summed E-state index contributed by atoms with van der Waals surface area (Å²) in [6.45, 7) is 2.94. The normalized spacial score (nSPS) is 22.4. The van der Waals surface area contributed by atoms with E-state index in [4.69, 9.17) is 4.74 Å². The molecular formula is C25H30N4O5. The predicted molar refractivity (Wildman–Crippen MR) is 124 cm³/mol. The van der Waals surface area contributed by atoms with Gasteiger partial charge >= 0.3 is 6.03 Å². The maximum absolute atomic E-state index is 13.1. The molecule has 0 aliphatic carbocycles. The number of urea groups is 1. The lowest BCUT2D eigenvalue weighted by Crippen LogP contribution is -2.51. The quantitative estimate of drug-likeness (QED) is 0.538. The summed E-state index contributed by atoms with van der Waals surface area (Å²) in [7, 11) is 1.52. The number of ether oxygens (including phenoxy) is 1. The van der Waals surface area contributed by atoms with Crippen molar-refractivity contribution in [2.24, 2.45) is 5.92 Å². The molecular weight excluding hydrogens is 436 g/mol. The second-order valence-corrected chi connectivity index (χ2v) is 8.93. The van der Waals surface area contributed by atoms with Gasteiger partial charge in [0.2, 0.25) is 0 Å². The third-order valence-corrected chi connectivity index (χ3v) is 6.66. The molecule has 0 saturated carbocycles. The molecule has 2 aromatic carbocycles. The molecule has 4 rings (SSSR count). The molecule has 0 bridgehead atoms. The molecule has 0 aromatic heterocycles. The van der Waals surface area contributed by atoms with Gasteiger partial charge < -0.3 is 15.2 Å². The summed E-state index contributed by atoms with van der Waals surface area (Å²) < 4.78 is 5.22. The Balaban J connectivity index is 1.32. The maximum Gasteiger partial charge on any atom is 0.344 e. The molecule has 4 amide bonds. The van der Waals surface area contributed by atoms with E-state index >= 15 is 0 Å². The first-order valence-electron chi connectivity index (χ1n) is 11.4. The van der Waals surface area contributed by atoms with E-state index in [9.17, 15) is 19.5 Å². The van der Waals surface area contributed by atoms with Crippen LogP contribution in [-0.4, -0.2) is 59.6 Å². The molecule has 2 unspecified atom stereocenters. The molecule has 3 N–H and O–H groups in total. The van der Waals surface area contributed by atoms with Gasteiger partial charge in [0.05, 0.1) is 19.8 Å². The van der Waals surface area contributed by atoms with Gasteiger partial charge in [0.25, 0.3) is 11.8 Å². The number of piperidine rings is 1. The van der Waals surface area contributed by atoms with Crippen molar-refractivity contribution >= 4 is 17.8 Å². The lowest BCUT2D eigenvalue weighted by atomic mass is 9.87. The Morgan fingerprint density at radius 3 is 2.56 bits per heavy atom. The number of nitrogens with one attached hydrogen (secondary N) is 2. The number of carbonyl (C=O) groups is 3. The van der Waals surface area contributed by atoms with Crippen LogP contribution in [0.15, 0.2) is 54.6 Å². The second kappa shape index (κ2) is 9.82. The van der Waals surface area contributed by atoms with Crippen molar-refractivity contribution in [3.8, 4) is 5.75 Å². The predicted octanol–water partition coefficient (Wildman–Crippen LogP) is 1.94. The van der Waals surface area contributed by atoms with Gasteiger partial charge in [-0.25, -0.2) is 4.79 Å². The van der Waals surface area contributed by atoms with E-state index in [1.807, 2.05) is 35.2 Å². The number of hydrogen-bond donors (Lipinski definition) is 3. The van der Waals surface area contributed by atoms with Gasteiger partial charge in [0.15, 0.2) is 0 Å². The zero-order chi connectivity index (χ0) is 24.3. The number of hydrogen-bond acceptors (Lipinski definition) is 6. The van der Waals surface area contributed by atoms with Gasteiger partial charge in [-0.2, -0.15) is 5.01 Å². The van der Waals surface area contributed by atoms with Gasteiger partial charge in [-0.3, -0.25) is 19.9 Å². The van der Waals surface area contributed by atoms with Gasteiger partial charge in [-0.05, 0) is 62.0 Å². The minimum atomic E-state index is -1.31. The van der Waals surface area contributed by atoms with E-state index in [1.54, 1.807) is 31.2 Å². The number of amides is 4. The van der Waals surface area contributed by atoms with Gasteiger partial charge in [-0.15, -0.1) is 0 Å². The number of rotatable bonds is 7. The average molecular weight is 467 g/mol. The van der Waals surface area contributed by atoms with E-state index in [0.29, 0.717) is 24.4 Å². The standard InChI is InChI=1S/C25H30N4O5/c1-25(19-9-6-10-20(15-19)34-2)23(32)29(24(33)26-25)27-21(30)16-28-13-11-18(12-14-28)22(31)17-7-4-3-5-8-17/h3-10,15,18,22,31H,11-14,16H2,1-2H3,(H,26,33)(H,27,30). The number of aliphatic hydroxyl groups excluding tert-OH is 1. The van der Waals surface area contributed by atoms with E-state index in [-0.39, 0.29) is 12.5 Å². The van der Waals surface area contributed by atoms with Crippen LogP contribution in [-0.2, 0) is 15.1 Å². The summed E-state index contributed by atoms with van der Waals surface area (Å²) in [4.78, 5) is 40.2. The van der Waals surface area contributed by atoms with Crippen LogP contribution in [0, 0.1) is 5.92 Å². The lowest BCUT2D eigenvalue weighted by Gasteiger charge is -2.34. The number of benzene rings is 2. The van der Waals surface area contributed by atoms with Gasteiger partial charge in [0.1, 0.15) is 11.3 Å². The van der Waals surface area contributed by atoms with Crippen LogP contribution in [0.25, 0.3) is 0 Å². The summed E-state index contributed by atoms with van der Waals surface area (Å²) in [5.41, 5.74) is 2.59. The molecule has 2 fully saturated rings. The van der Waals surface area contributed by atoms with Crippen LogP contribution < -0.4 is 15.5 Å². The monoisotopic (exact) mass is 466 g/mol. The largest absolute Gasteiger partial charge is 0.497 e. The number of aliphatic hydroxyl groups is 1. The molecule has 0 spiro atoms. The molecule has 9 nitrogen and oxygen atoms in total. The lowest BCUT2D eigenvalue weighted by molar-refractivity contribution is -0.139. The Labute approximate surface area is 198 Å². The van der Waals surface area contributed by atoms with Crippen molar-refractivity contribution in [3.05, 3.63) is 65.7 Å².